The van der Waals surface area contributed by atoms with Gasteiger partial charge >= 0.3 is 5.97 Å². The van der Waals surface area contributed by atoms with Crippen LogP contribution in [0.1, 0.15) is 62.2 Å². The lowest BCUT2D eigenvalue weighted by molar-refractivity contribution is -0.165. The van der Waals surface area contributed by atoms with E-state index in [9.17, 15) is 9.59 Å². The number of aryl methyl sites for hydroxylation is 1. The molecular formula is C20H26O5. The summed E-state index contributed by atoms with van der Waals surface area (Å²) in [5, 5.41) is 0. The fraction of sp³-hybridized carbons (Fsp3) is 0.700. The van der Waals surface area contributed by atoms with Crippen molar-refractivity contribution >= 4 is 11.8 Å². The molecule has 1 aromatic heterocycles. The number of hydrogen-bond donors (Lipinski definition) is 0. The molecule has 1 aliphatic heterocycles. The number of esters is 1. The van der Waals surface area contributed by atoms with Crippen LogP contribution in [-0.2, 0) is 20.7 Å². The molecule has 2 heterocycles. The second kappa shape index (κ2) is 5.19. The van der Waals surface area contributed by atoms with Crippen molar-refractivity contribution in [2.45, 2.75) is 71.7 Å². The molecule has 136 valence electrons. The van der Waals surface area contributed by atoms with E-state index in [-0.39, 0.29) is 41.2 Å². The average molecular weight is 346 g/mol. The Hall–Kier alpha value is -1.62. The first-order chi connectivity index (χ1) is 11.7. The minimum absolute atomic E-state index is 0.0674. The second-order valence-electron chi connectivity index (χ2n) is 8.50. The third kappa shape index (κ3) is 2.24. The Morgan fingerprint density at radius 1 is 1.28 bits per heavy atom. The van der Waals surface area contributed by atoms with Crippen LogP contribution in [0.4, 0.5) is 0 Å². The molecule has 2 fully saturated rings. The first kappa shape index (κ1) is 16.8. The Balaban J connectivity index is 1.59. The van der Waals surface area contributed by atoms with Gasteiger partial charge in [0, 0.05) is 11.5 Å². The molecule has 0 radical (unpaired) electrons. The van der Waals surface area contributed by atoms with Crippen LogP contribution in [0.15, 0.2) is 10.7 Å². The molecule has 5 heteroatoms. The van der Waals surface area contributed by atoms with E-state index in [4.69, 9.17) is 13.9 Å². The predicted octanol–water partition coefficient (Wildman–Crippen LogP) is 3.47. The number of rotatable bonds is 2. The van der Waals surface area contributed by atoms with E-state index in [0.717, 1.165) is 24.0 Å². The summed E-state index contributed by atoms with van der Waals surface area (Å²) in [5.41, 5.74) is 1.03. The summed E-state index contributed by atoms with van der Waals surface area (Å²) in [6.07, 6.45) is 3.64. The molecule has 3 aliphatic rings. The van der Waals surface area contributed by atoms with Crippen LogP contribution in [0.2, 0.25) is 0 Å². The Morgan fingerprint density at radius 3 is 2.60 bits per heavy atom. The molecule has 1 aromatic rings. The van der Waals surface area contributed by atoms with Gasteiger partial charge < -0.3 is 13.9 Å². The van der Waals surface area contributed by atoms with Crippen LogP contribution in [-0.4, -0.2) is 29.6 Å². The van der Waals surface area contributed by atoms with Crippen molar-refractivity contribution in [3.8, 4) is 0 Å². The number of furan rings is 1. The van der Waals surface area contributed by atoms with E-state index < -0.39 is 5.60 Å². The van der Waals surface area contributed by atoms with Crippen molar-refractivity contribution in [2.75, 3.05) is 0 Å². The fourth-order valence-electron chi connectivity index (χ4n) is 4.76. The van der Waals surface area contributed by atoms with Gasteiger partial charge in [-0.25, -0.2) is 4.79 Å². The zero-order valence-electron chi connectivity index (χ0n) is 15.5. The molecule has 0 spiro atoms. The van der Waals surface area contributed by atoms with E-state index in [0.29, 0.717) is 12.2 Å². The SMILES string of the molecule is Cc1coc2c1C[C@@]1(C)[C@@H](CC[C@@H](OC(=O)[C@]3(C)O[C@@H]3C)[C@@H]1C)C2=O. The zero-order valence-corrected chi connectivity index (χ0v) is 15.5. The summed E-state index contributed by atoms with van der Waals surface area (Å²) in [6.45, 7) is 9.91. The Morgan fingerprint density at radius 2 is 1.96 bits per heavy atom. The lowest BCUT2D eigenvalue weighted by Gasteiger charge is -2.50. The summed E-state index contributed by atoms with van der Waals surface area (Å²) >= 11 is 0. The fourth-order valence-corrected chi connectivity index (χ4v) is 4.76. The standard InChI is InChI=1S/C20H26O5/c1-10-9-23-17-13(10)8-19(4)11(2)15(7-6-14(19)16(17)21)24-18(22)20(5)12(3)25-20/h9,11-12,14-15H,6-8H2,1-5H3/t11-,12+,14-,15+,19+,20+/m0/s1. The molecule has 5 nitrogen and oxygen atoms in total. The molecule has 0 unspecified atom stereocenters. The minimum atomic E-state index is -0.797. The van der Waals surface area contributed by atoms with Crippen molar-refractivity contribution < 1.29 is 23.5 Å². The predicted molar refractivity (Wildman–Crippen MR) is 90.3 cm³/mol. The number of ketones is 1. The van der Waals surface area contributed by atoms with Crippen LogP contribution >= 0.6 is 0 Å². The van der Waals surface area contributed by atoms with E-state index in [2.05, 4.69) is 13.8 Å². The number of Topliss-reactive ketones (excluding diaryl/α,β-unsaturated/α-hetero) is 1. The summed E-state index contributed by atoms with van der Waals surface area (Å²) in [5.74, 6) is 0.401. The third-order valence-corrected chi connectivity index (χ3v) is 7.14. The highest BCUT2D eigenvalue weighted by atomic mass is 16.7. The number of ether oxygens (including phenoxy) is 2. The lowest BCUT2D eigenvalue weighted by Crippen LogP contribution is -2.52. The number of hydrogen-bond acceptors (Lipinski definition) is 5. The Kier molecular flexibility index (Phi) is 3.50. The van der Waals surface area contributed by atoms with Gasteiger partial charge in [-0.05, 0) is 56.9 Å². The summed E-state index contributed by atoms with van der Waals surface area (Å²) in [7, 11) is 0. The zero-order chi connectivity index (χ0) is 18.1. The smallest absolute Gasteiger partial charge is 0.341 e. The third-order valence-electron chi connectivity index (χ3n) is 7.14. The van der Waals surface area contributed by atoms with Gasteiger partial charge in [-0.2, -0.15) is 0 Å². The van der Waals surface area contributed by atoms with Crippen molar-refractivity contribution in [3.63, 3.8) is 0 Å². The highest BCUT2D eigenvalue weighted by molar-refractivity contribution is 5.99. The molecule has 4 rings (SSSR count). The monoisotopic (exact) mass is 346 g/mol. The largest absolute Gasteiger partial charge is 0.461 e. The van der Waals surface area contributed by atoms with E-state index >= 15 is 0 Å². The van der Waals surface area contributed by atoms with E-state index in [1.54, 1.807) is 13.2 Å². The number of carbonyl (C=O) groups is 2. The summed E-state index contributed by atoms with van der Waals surface area (Å²) in [6, 6.07) is 0. The van der Waals surface area contributed by atoms with Gasteiger partial charge in [-0.1, -0.05) is 13.8 Å². The van der Waals surface area contributed by atoms with Crippen LogP contribution < -0.4 is 0 Å². The first-order valence-electron chi connectivity index (χ1n) is 9.18. The summed E-state index contributed by atoms with van der Waals surface area (Å²) in [4.78, 5) is 25.4. The maximum absolute atomic E-state index is 12.9. The summed E-state index contributed by atoms with van der Waals surface area (Å²) < 4.78 is 16.8. The second-order valence-corrected chi connectivity index (χ2v) is 8.50. The quantitative estimate of drug-likeness (QED) is 0.606. The van der Waals surface area contributed by atoms with Crippen LogP contribution in [0.25, 0.3) is 0 Å². The van der Waals surface area contributed by atoms with Gasteiger partial charge in [0.15, 0.2) is 11.4 Å². The van der Waals surface area contributed by atoms with E-state index in [1.165, 1.54) is 0 Å². The molecule has 6 atom stereocenters. The topological polar surface area (TPSA) is 69.0 Å². The molecule has 1 saturated heterocycles. The Bertz CT molecular complexity index is 749. The molecule has 0 N–H and O–H groups in total. The molecule has 0 bridgehead atoms. The van der Waals surface area contributed by atoms with Crippen molar-refractivity contribution in [3.05, 3.63) is 23.2 Å². The molecular weight excluding hydrogens is 320 g/mol. The molecule has 2 aliphatic carbocycles. The minimum Gasteiger partial charge on any atom is -0.461 e. The lowest BCUT2D eigenvalue weighted by atomic mass is 9.54. The van der Waals surface area contributed by atoms with Crippen molar-refractivity contribution in [1.82, 2.24) is 0 Å². The highest BCUT2D eigenvalue weighted by Crippen LogP contribution is 2.53. The van der Waals surface area contributed by atoms with Crippen molar-refractivity contribution in [2.24, 2.45) is 17.3 Å². The van der Waals surface area contributed by atoms with Gasteiger partial charge in [0.2, 0.25) is 5.78 Å². The molecule has 25 heavy (non-hydrogen) atoms. The Labute approximate surface area is 148 Å². The van der Waals surface area contributed by atoms with Crippen LogP contribution in [0.3, 0.4) is 0 Å². The maximum Gasteiger partial charge on any atom is 0.341 e. The number of fused-ring (bicyclic) bond motifs is 2. The van der Waals surface area contributed by atoms with Gasteiger partial charge in [0.25, 0.3) is 0 Å². The molecule has 1 saturated carbocycles. The molecule has 0 aromatic carbocycles. The van der Waals surface area contributed by atoms with Crippen molar-refractivity contribution in [1.29, 1.82) is 0 Å². The van der Waals surface area contributed by atoms with Gasteiger partial charge in [0.1, 0.15) is 6.10 Å². The van der Waals surface area contributed by atoms with Gasteiger partial charge in [0.05, 0.1) is 12.4 Å². The average Bonchev–Trinajstić information content (AvgIpc) is 3.01. The van der Waals surface area contributed by atoms with Crippen LogP contribution in [0.5, 0.6) is 0 Å². The number of carbonyl (C=O) groups excluding carboxylic acids is 2. The number of epoxide rings is 1. The molecule has 0 amide bonds. The first-order valence-corrected chi connectivity index (χ1v) is 9.18. The van der Waals surface area contributed by atoms with Gasteiger partial charge in [-0.3, -0.25) is 4.79 Å². The normalized spacial score (nSPS) is 42.5. The van der Waals surface area contributed by atoms with Crippen LogP contribution in [0, 0.1) is 24.2 Å². The highest BCUT2D eigenvalue weighted by Gasteiger charge is 2.59. The van der Waals surface area contributed by atoms with E-state index in [1.807, 2.05) is 13.8 Å². The maximum atomic E-state index is 12.9. The van der Waals surface area contributed by atoms with Gasteiger partial charge in [-0.15, -0.1) is 0 Å².